The van der Waals surface area contributed by atoms with Crippen molar-refractivity contribution in [3.63, 3.8) is 0 Å². The molecule has 22 heavy (non-hydrogen) atoms. The van der Waals surface area contributed by atoms with Gasteiger partial charge in [0.05, 0.1) is 11.8 Å². The van der Waals surface area contributed by atoms with E-state index in [1.165, 1.54) is 11.3 Å². The Morgan fingerprint density at radius 2 is 2.05 bits per heavy atom. The first-order valence-corrected chi connectivity index (χ1v) is 7.58. The van der Waals surface area contributed by atoms with Crippen LogP contribution in [0.25, 0.3) is 10.3 Å². The van der Waals surface area contributed by atoms with Gasteiger partial charge >= 0.3 is 0 Å². The number of ether oxygens (including phenoxy) is 1. The standard InChI is InChI=1S/C16H15N3O2S/c1-9-7-10(2)17-14-13(9)22-16(18-14)19-15(20)11-5-4-6-12(8-11)21-3/h4-8H,1-3H3,(H,17,18,19,20). The van der Waals surface area contributed by atoms with Gasteiger partial charge in [0, 0.05) is 11.3 Å². The van der Waals surface area contributed by atoms with Gasteiger partial charge in [0.2, 0.25) is 0 Å². The van der Waals surface area contributed by atoms with E-state index >= 15 is 0 Å². The number of hydrogen-bond donors (Lipinski definition) is 1. The number of anilines is 1. The Balaban J connectivity index is 1.89. The molecule has 3 rings (SSSR count). The van der Waals surface area contributed by atoms with Crippen LogP contribution in [-0.4, -0.2) is 23.0 Å². The molecule has 0 atom stereocenters. The van der Waals surface area contributed by atoms with E-state index in [2.05, 4.69) is 15.3 Å². The highest BCUT2D eigenvalue weighted by Crippen LogP contribution is 2.28. The van der Waals surface area contributed by atoms with Crippen LogP contribution < -0.4 is 10.1 Å². The van der Waals surface area contributed by atoms with Crippen LogP contribution in [0.2, 0.25) is 0 Å². The summed E-state index contributed by atoms with van der Waals surface area (Å²) in [6.45, 7) is 3.95. The number of pyridine rings is 1. The molecule has 5 nitrogen and oxygen atoms in total. The van der Waals surface area contributed by atoms with E-state index in [0.29, 0.717) is 22.1 Å². The van der Waals surface area contributed by atoms with Crippen molar-refractivity contribution in [2.24, 2.45) is 0 Å². The van der Waals surface area contributed by atoms with E-state index in [0.717, 1.165) is 16.0 Å². The van der Waals surface area contributed by atoms with Crippen molar-refractivity contribution in [1.29, 1.82) is 0 Å². The number of nitrogens with one attached hydrogen (secondary N) is 1. The zero-order valence-corrected chi connectivity index (χ0v) is 13.3. The molecule has 0 aliphatic carbocycles. The first-order chi connectivity index (χ1) is 10.6. The number of fused-ring (bicyclic) bond motifs is 1. The van der Waals surface area contributed by atoms with Gasteiger partial charge in [-0.15, -0.1) is 0 Å². The summed E-state index contributed by atoms with van der Waals surface area (Å²) in [6, 6.07) is 9.01. The molecule has 1 amide bonds. The summed E-state index contributed by atoms with van der Waals surface area (Å²) in [4.78, 5) is 21.1. The number of hydrogen-bond acceptors (Lipinski definition) is 5. The lowest BCUT2D eigenvalue weighted by Crippen LogP contribution is -2.11. The highest BCUT2D eigenvalue weighted by molar-refractivity contribution is 7.22. The van der Waals surface area contributed by atoms with E-state index in [-0.39, 0.29) is 5.91 Å². The molecule has 0 radical (unpaired) electrons. The maximum Gasteiger partial charge on any atom is 0.257 e. The number of aromatic nitrogens is 2. The number of benzene rings is 1. The maximum atomic E-state index is 12.3. The number of carbonyl (C=O) groups excluding carboxylic acids is 1. The Labute approximate surface area is 132 Å². The van der Waals surface area contributed by atoms with Gasteiger partial charge < -0.3 is 4.74 Å². The number of aryl methyl sites for hydroxylation is 2. The molecule has 2 heterocycles. The van der Waals surface area contributed by atoms with Gasteiger partial charge in [0.1, 0.15) is 5.75 Å². The van der Waals surface area contributed by atoms with Crippen LogP contribution in [0.4, 0.5) is 5.13 Å². The summed E-state index contributed by atoms with van der Waals surface area (Å²) < 4.78 is 6.12. The van der Waals surface area contributed by atoms with Crippen LogP contribution >= 0.6 is 11.3 Å². The molecule has 1 N–H and O–H groups in total. The van der Waals surface area contributed by atoms with E-state index in [1.54, 1.807) is 31.4 Å². The van der Waals surface area contributed by atoms with Crippen LogP contribution in [0.3, 0.4) is 0 Å². The second-order valence-electron chi connectivity index (χ2n) is 4.94. The second-order valence-corrected chi connectivity index (χ2v) is 5.94. The van der Waals surface area contributed by atoms with Crippen molar-refractivity contribution in [3.8, 4) is 5.75 Å². The lowest BCUT2D eigenvalue weighted by molar-refractivity contribution is 0.102. The molecule has 0 spiro atoms. The van der Waals surface area contributed by atoms with Gasteiger partial charge in [-0.05, 0) is 43.7 Å². The highest BCUT2D eigenvalue weighted by Gasteiger charge is 2.12. The maximum absolute atomic E-state index is 12.3. The minimum Gasteiger partial charge on any atom is -0.497 e. The monoisotopic (exact) mass is 313 g/mol. The predicted octanol–water partition coefficient (Wildman–Crippen LogP) is 3.57. The highest BCUT2D eigenvalue weighted by atomic mass is 32.1. The summed E-state index contributed by atoms with van der Waals surface area (Å²) >= 11 is 1.43. The number of rotatable bonds is 3. The Kier molecular flexibility index (Phi) is 3.77. The lowest BCUT2D eigenvalue weighted by Gasteiger charge is -2.03. The molecule has 0 aliphatic rings. The molecule has 2 aromatic heterocycles. The first kappa shape index (κ1) is 14.5. The average Bonchev–Trinajstić information content (AvgIpc) is 2.90. The topological polar surface area (TPSA) is 64.1 Å². The van der Waals surface area contributed by atoms with Crippen molar-refractivity contribution < 1.29 is 9.53 Å². The zero-order valence-electron chi connectivity index (χ0n) is 12.5. The van der Waals surface area contributed by atoms with Crippen LogP contribution in [0.5, 0.6) is 5.75 Å². The molecule has 112 valence electrons. The van der Waals surface area contributed by atoms with E-state index < -0.39 is 0 Å². The van der Waals surface area contributed by atoms with Crippen molar-refractivity contribution in [3.05, 3.63) is 47.2 Å². The SMILES string of the molecule is COc1cccc(C(=O)Nc2nc3nc(C)cc(C)c3s2)c1. The van der Waals surface area contributed by atoms with Gasteiger partial charge in [-0.3, -0.25) is 10.1 Å². The third kappa shape index (κ3) is 2.78. The molecule has 1 aromatic carbocycles. The second kappa shape index (κ2) is 5.73. The van der Waals surface area contributed by atoms with Gasteiger partial charge in [-0.25, -0.2) is 4.98 Å². The van der Waals surface area contributed by atoms with Crippen LogP contribution in [0, 0.1) is 13.8 Å². The number of carbonyl (C=O) groups is 1. The van der Waals surface area contributed by atoms with E-state index in [4.69, 9.17) is 4.74 Å². The molecule has 0 bridgehead atoms. The predicted molar refractivity (Wildman–Crippen MR) is 87.8 cm³/mol. The van der Waals surface area contributed by atoms with Gasteiger partial charge in [-0.2, -0.15) is 4.98 Å². The number of nitrogens with zero attached hydrogens (tertiary/aromatic N) is 2. The number of thiazole rings is 1. The van der Waals surface area contributed by atoms with Crippen LogP contribution in [-0.2, 0) is 0 Å². The Morgan fingerprint density at radius 3 is 2.82 bits per heavy atom. The molecular weight excluding hydrogens is 298 g/mol. The largest absolute Gasteiger partial charge is 0.497 e. The molecule has 0 fully saturated rings. The van der Waals surface area contributed by atoms with Crippen molar-refractivity contribution in [1.82, 2.24) is 9.97 Å². The fourth-order valence-electron chi connectivity index (χ4n) is 2.21. The molecule has 0 aliphatic heterocycles. The summed E-state index contributed by atoms with van der Waals surface area (Å²) in [6.07, 6.45) is 0. The normalized spacial score (nSPS) is 10.7. The van der Waals surface area contributed by atoms with E-state index in [9.17, 15) is 4.79 Å². The molecule has 0 saturated carbocycles. The molecule has 6 heteroatoms. The fraction of sp³-hybridized carbons (Fsp3) is 0.188. The molecular formula is C16H15N3O2S. The summed E-state index contributed by atoms with van der Waals surface area (Å²) in [5.74, 6) is 0.428. The fourth-order valence-corrected chi connectivity index (χ4v) is 3.08. The van der Waals surface area contributed by atoms with Gasteiger partial charge in [-0.1, -0.05) is 17.4 Å². The smallest absolute Gasteiger partial charge is 0.257 e. The zero-order chi connectivity index (χ0) is 15.7. The number of methoxy groups -OCH3 is 1. The Hall–Kier alpha value is -2.47. The third-order valence-corrected chi connectivity index (χ3v) is 4.32. The van der Waals surface area contributed by atoms with E-state index in [1.807, 2.05) is 19.9 Å². The Bertz CT molecular complexity index is 858. The summed E-state index contributed by atoms with van der Waals surface area (Å²) in [5, 5.41) is 3.36. The Morgan fingerprint density at radius 1 is 1.23 bits per heavy atom. The van der Waals surface area contributed by atoms with Crippen LogP contribution in [0.15, 0.2) is 30.3 Å². The summed E-state index contributed by atoms with van der Waals surface area (Å²) in [5.41, 5.74) is 3.23. The number of amides is 1. The van der Waals surface area contributed by atoms with Gasteiger partial charge in [0.25, 0.3) is 5.91 Å². The quantitative estimate of drug-likeness (QED) is 0.803. The minimum absolute atomic E-state index is 0.215. The van der Waals surface area contributed by atoms with Gasteiger partial charge in [0.15, 0.2) is 10.8 Å². The summed E-state index contributed by atoms with van der Waals surface area (Å²) in [7, 11) is 1.57. The third-order valence-electron chi connectivity index (χ3n) is 3.23. The van der Waals surface area contributed by atoms with Crippen molar-refractivity contribution >= 4 is 32.7 Å². The minimum atomic E-state index is -0.215. The average molecular weight is 313 g/mol. The molecule has 0 saturated heterocycles. The first-order valence-electron chi connectivity index (χ1n) is 6.77. The van der Waals surface area contributed by atoms with Crippen molar-refractivity contribution in [2.45, 2.75) is 13.8 Å². The molecule has 0 unspecified atom stereocenters. The van der Waals surface area contributed by atoms with Crippen molar-refractivity contribution in [2.75, 3.05) is 12.4 Å². The lowest BCUT2D eigenvalue weighted by atomic mass is 10.2. The molecule has 3 aromatic rings. The van der Waals surface area contributed by atoms with Crippen LogP contribution in [0.1, 0.15) is 21.6 Å².